The molecule has 11 nitrogen and oxygen atoms in total. The topological polar surface area (TPSA) is 126 Å². The predicted molar refractivity (Wildman–Crippen MR) is 122 cm³/mol. The van der Waals surface area contributed by atoms with Crippen molar-refractivity contribution in [2.24, 2.45) is 5.92 Å². The highest BCUT2D eigenvalue weighted by molar-refractivity contribution is 6.45. The summed E-state index contributed by atoms with van der Waals surface area (Å²) in [5.41, 5.74) is 0.727. The summed E-state index contributed by atoms with van der Waals surface area (Å²) < 4.78 is 6.89. The number of methoxy groups -OCH3 is 1. The van der Waals surface area contributed by atoms with Crippen LogP contribution in [0.2, 0.25) is 0 Å². The molecule has 1 N–H and O–H groups in total. The van der Waals surface area contributed by atoms with Crippen LogP contribution in [0.4, 0.5) is 0 Å². The van der Waals surface area contributed by atoms with E-state index in [1.54, 1.807) is 6.20 Å². The number of hydrogen-bond acceptors (Lipinski definition) is 7. The Bertz CT molecular complexity index is 1210. The molecule has 0 unspecified atom stereocenters. The molecule has 3 aromatic heterocycles. The third-order valence-electron chi connectivity index (χ3n) is 6.79. The van der Waals surface area contributed by atoms with E-state index in [4.69, 9.17) is 4.74 Å². The van der Waals surface area contributed by atoms with E-state index >= 15 is 0 Å². The van der Waals surface area contributed by atoms with Crippen molar-refractivity contribution in [3.63, 3.8) is 0 Å². The zero-order chi connectivity index (χ0) is 23.7. The van der Waals surface area contributed by atoms with Crippen LogP contribution in [0.3, 0.4) is 0 Å². The number of nitrogens with zero attached hydrogens (tertiary/aromatic N) is 6. The Morgan fingerprint density at radius 2 is 1.79 bits per heavy atom. The molecule has 3 aromatic rings. The lowest BCUT2D eigenvalue weighted by atomic mass is 9.88. The van der Waals surface area contributed by atoms with Gasteiger partial charge in [0.15, 0.2) is 5.82 Å². The number of nitrogens with one attached hydrogen (secondary N) is 1. The monoisotopic (exact) mass is 465 g/mol. The number of hydrogen-bond donors (Lipinski definition) is 1. The first-order valence-corrected chi connectivity index (χ1v) is 11.6. The van der Waals surface area contributed by atoms with Gasteiger partial charge in [0.05, 0.1) is 42.2 Å². The number of H-pyrrole nitrogens is 1. The number of aromatic nitrogens is 5. The summed E-state index contributed by atoms with van der Waals surface area (Å²) in [5, 5.41) is 8.23. The van der Waals surface area contributed by atoms with E-state index in [2.05, 4.69) is 20.3 Å². The lowest BCUT2D eigenvalue weighted by Crippen LogP contribution is -2.53. The van der Waals surface area contributed by atoms with Crippen molar-refractivity contribution < 1.29 is 19.1 Å². The van der Waals surface area contributed by atoms with Crippen LogP contribution in [0, 0.1) is 5.92 Å². The molecule has 178 valence electrons. The number of aromatic amines is 1. The summed E-state index contributed by atoms with van der Waals surface area (Å²) in [7, 11) is 1.48. The van der Waals surface area contributed by atoms with Gasteiger partial charge in [-0.15, -0.1) is 5.10 Å². The Morgan fingerprint density at radius 1 is 1.06 bits per heavy atom. The van der Waals surface area contributed by atoms with Gasteiger partial charge in [0.25, 0.3) is 11.7 Å². The van der Waals surface area contributed by atoms with Crippen LogP contribution >= 0.6 is 0 Å². The smallest absolute Gasteiger partial charge is 0.295 e. The average molecular weight is 466 g/mol. The number of carbonyl (C=O) groups is 3. The second-order valence-electron chi connectivity index (χ2n) is 8.73. The summed E-state index contributed by atoms with van der Waals surface area (Å²) in [4.78, 5) is 49.9. The van der Waals surface area contributed by atoms with Gasteiger partial charge in [-0.2, -0.15) is 0 Å². The summed E-state index contributed by atoms with van der Waals surface area (Å²) >= 11 is 0. The van der Waals surface area contributed by atoms with Crippen molar-refractivity contribution in [1.29, 1.82) is 0 Å². The van der Waals surface area contributed by atoms with Gasteiger partial charge < -0.3 is 19.5 Å². The first-order chi connectivity index (χ1) is 16.6. The molecule has 0 radical (unpaired) electrons. The normalized spacial score (nSPS) is 17.2. The Kier molecular flexibility index (Phi) is 5.99. The second-order valence-corrected chi connectivity index (χ2v) is 8.73. The molecule has 2 aliphatic rings. The van der Waals surface area contributed by atoms with Crippen LogP contribution < -0.4 is 4.74 Å². The molecule has 0 atom stereocenters. The lowest BCUT2D eigenvalue weighted by Gasteiger charge is -2.36. The highest BCUT2D eigenvalue weighted by Gasteiger charge is 2.33. The quantitative estimate of drug-likeness (QED) is 0.448. The largest absolute Gasteiger partial charge is 0.494 e. The maximum atomic E-state index is 13.2. The Morgan fingerprint density at radius 3 is 2.47 bits per heavy atom. The first kappa shape index (κ1) is 22.1. The zero-order valence-electron chi connectivity index (χ0n) is 19.1. The van der Waals surface area contributed by atoms with Crippen molar-refractivity contribution in [3.8, 4) is 11.6 Å². The van der Waals surface area contributed by atoms with E-state index < -0.39 is 11.7 Å². The average Bonchev–Trinajstić information content (AvgIpc) is 3.58. The Balaban J connectivity index is 1.33. The third-order valence-corrected chi connectivity index (χ3v) is 6.79. The fraction of sp³-hybridized carbons (Fsp3) is 0.478. The van der Waals surface area contributed by atoms with E-state index in [0.29, 0.717) is 48.6 Å². The maximum Gasteiger partial charge on any atom is 0.295 e. The molecular weight excluding hydrogens is 438 g/mol. The lowest BCUT2D eigenvalue weighted by molar-refractivity contribution is -0.141. The van der Waals surface area contributed by atoms with Crippen LogP contribution in [0.15, 0.2) is 24.8 Å². The Labute approximate surface area is 196 Å². The van der Waals surface area contributed by atoms with Gasteiger partial charge in [-0.05, 0) is 12.8 Å². The number of fused-ring (bicyclic) bond motifs is 1. The molecule has 5 rings (SSSR count). The molecule has 2 fully saturated rings. The highest BCUT2D eigenvalue weighted by Crippen LogP contribution is 2.32. The van der Waals surface area contributed by atoms with Gasteiger partial charge in [0.1, 0.15) is 5.75 Å². The molecule has 34 heavy (non-hydrogen) atoms. The second kappa shape index (κ2) is 9.24. The summed E-state index contributed by atoms with van der Waals surface area (Å²) in [5.74, 6) is -0.121. The van der Waals surface area contributed by atoms with Gasteiger partial charge in [0, 0.05) is 38.3 Å². The van der Waals surface area contributed by atoms with E-state index in [9.17, 15) is 14.4 Å². The standard InChI is InChI=1S/C23H27N7O4/c1-34-17-14-25-21(30-8-7-26-27-30)19-18(17)16(13-24-19)20(31)23(33)29-11-9-28(10-12-29)22(32)15-5-3-2-4-6-15/h7-8,13-15,24H,2-6,9-12H2,1H3. The molecule has 0 spiro atoms. The van der Waals surface area contributed by atoms with Crippen molar-refractivity contribution in [2.45, 2.75) is 32.1 Å². The highest BCUT2D eigenvalue weighted by atomic mass is 16.5. The van der Waals surface area contributed by atoms with Crippen LogP contribution in [0.5, 0.6) is 5.75 Å². The maximum absolute atomic E-state index is 13.2. The minimum absolute atomic E-state index is 0.101. The van der Waals surface area contributed by atoms with Gasteiger partial charge in [-0.1, -0.05) is 24.5 Å². The molecule has 1 aliphatic heterocycles. The first-order valence-electron chi connectivity index (χ1n) is 11.6. The summed E-state index contributed by atoms with van der Waals surface area (Å²) in [6, 6.07) is 0. The van der Waals surface area contributed by atoms with E-state index in [1.165, 1.54) is 41.7 Å². The van der Waals surface area contributed by atoms with Crippen LogP contribution in [-0.2, 0) is 9.59 Å². The van der Waals surface area contributed by atoms with E-state index in [-0.39, 0.29) is 17.4 Å². The number of pyridine rings is 1. The molecule has 0 aromatic carbocycles. The van der Waals surface area contributed by atoms with Gasteiger partial charge >= 0.3 is 0 Å². The van der Waals surface area contributed by atoms with E-state index in [0.717, 1.165) is 25.7 Å². The number of ether oxygens (including phenoxy) is 1. The number of Topliss-reactive ketones (excluding diaryl/α,β-unsaturated/α-hetero) is 1. The van der Waals surface area contributed by atoms with Crippen LogP contribution in [0.25, 0.3) is 16.7 Å². The fourth-order valence-corrected chi connectivity index (χ4v) is 4.93. The summed E-state index contributed by atoms with van der Waals surface area (Å²) in [6.07, 6.45) is 11.4. The molecule has 2 amide bonds. The molecule has 1 aliphatic carbocycles. The zero-order valence-corrected chi connectivity index (χ0v) is 19.1. The molecule has 0 bridgehead atoms. The van der Waals surface area contributed by atoms with Crippen LogP contribution in [-0.4, -0.2) is 85.6 Å². The molecular formula is C23H27N7O4. The van der Waals surface area contributed by atoms with Crippen molar-refractivity contribution in [1.82, 2.24) is 34.8 Å². The molecule has 1 saturated carbocycles. The van der Waals surface area contributed by atoms with Crippen molar-refractivity contribution in [3.05, 3.63) is 30.4 Å². The summed E-state index contributed by atoms with van der Waals surface area (Å²) in [6.45, 7) is 1.58. The van der Waals surface area contributed by atoms with Gasteiger partial charge in [-0.3, -0.25) is 14.4 Å². The third kappa shape index (κ3) is 3.91. The predicted octanol–water partition coefficient (Wildman–Crippen LogP) is 1.59. The van der Waals surface area contributed by atoms with E-state index in [1.807, 2.05) is 4.90 Å². The Hall–Kier alpha value is -3.76. The van der Waals surface area contributed by atoms with Gasteiger partial charge in [0.2, 0.25) is 5.91 Å². The van der Waals surface area contributed by atoms with Gasteiger partial charge in [-0.25, -0.2) is 9.67 Å². The molecule has 11 heteroatoms. The molecule has 1 saturated heterocycles. The number of amides is 2. The van der Waals surface area contributed by atoms with Crippen LogP contribution in [0.1, 0.15) is 42.5 Å². The van der Waals surface area contributed by atoms with Crippen molar-refractivity contribution >= 4 is 28.5 Å². The SMILES string of the molecule is COc1cnc(-n2ccnn2)c2[nH]cc(C(=O)C(=O)N3CCN(C(=O)C4CCCCC4)CC3)c12. The minimum atomic E-state index is -0.632. The number of ketones is 1. The number of carbonyl (C=O) groups excluding carboxylic acids is 3. The van der Waals surface area contributed by atoms with Crippen molar-refractivity contribution in [2.75, 3.05) is 33.3 Å². The minimum Gasteiger partial charge on any atom is -0.494 e. The number of rotatable bonds is 5. The fourth-order valence-electron chi connectivity index (χ4n) is 4.93. The number of piperazine rings is 1. The molecule has 4 heterocycles.